The molecule has 0 aromatic rings. The summed E-state index contributed by atoms with van der Waals surface area (Å²) in [5.41, 5.74) is 5.24. The van der Waals surface area contributed by atoms with Crippen LogP contribution in [0, 0.1) is 5.92 Å². The maximum Gasteiger partial charge on any atom is -0.0169 e. The van der Waals surface area contributed by atoms with Crippen molar-refractivity contribution in [3.05, 3.63) is 35.5 Å². The van der Waals surface area contributed by atoms with Crippen molar-refractivity contribution in [2.24, 2.45) is 5.92 Å². The highest BCUT2D eigenvalue weighted by atomic mass is 14.3. The largest absolute Gasteiger partial charge is 0.103 e. The first-order chi connectivity index (χ1) is 8.29. The summed E-state index contributed by atoms with van der Waals surface area (Å²) in [6.07, 6.45) is 16.6. The Balaban J connectivity index is 1.88. The van der Waals surface area contributed by atoms with Crippen LogP contribution in [0.5, 0.6) is 0 Å². The second-order valence-corrected chi connectivity index (χ2v) is 5.80. The molecule has 2 rings (SSSR count). The van der Waals surface area contributed by atoms with Crippen LogP contribution < -0.4 is 0 Å². The molecule has 0 spiro atoms. The Bertz CT molecular complexity index is 330. The fraction of sp³-hybridized carbons (Fsp3) is 0.647. The van der Waals surface area contributed by atoms with E-state index in [-0.39, 0.29) is 0 Å². The standard InChI is InChI=1S/C17H26/c1-3-4-7-14(2)12-15-10-11-16-8-5-6-9-17(16)13-15/h3,7,15H,1,4-6,8-13H2,2H3. The van der Waals surface area contributed by atoms with Gasteiger partial charge in [0.05, 0.1) is 0 Å². The highest BCUT2D eigenvalue weighted by molar-refractivity contribution is 5.21. The molecule has 0 aromatic carbocycles. The third kappa shape index (κ3) is 3.59. The minimum absolute atomic E-state index is 0.924. The molecule has 2 aliphatic rings. The van der Waals surface area contributed by atoms with E-state index in [1.54, 1.807) is 5.57 Å². The van der Waals surface area contributed by atoms with Crippen molar-refractivity contribution < 1.29 is 0 Å². The Morgan fingerprint density at radius 3 is 2.76 bits per heavy atom. The van der Waals surface area contributed by atoms with Crippen molar-refractivity contribution in [3.63, 3.8) is 0 Å². The lowest BCUT2D eigenvalue weighted by molar-refractivity contribution is 0.420. The average Bonchev–Trinajstić information content (AvgIpc) is 2.36. The van der Waals surface area contributed by atoms with Crippen molar-refractivity contribution in [2.45, 2.75) is 64.7 Å². The summed E-state index contributed by atoms with van der Waals surface area (Å²) in [7, 11) is 0. The fourth-order valence-electron chi connectivity index (χ4n) is 3.40. The Morgan fingerprint density at radius 2 is 2.00 bits per heavy atom. The molecule has 17 heavy (non-hydrogen) atoms. The zero-order valence-electron chi connectivity index (χ0n) is 11.3. The second kappa shape index (κ2) is 6.23. The van der Waals surface area contributed by atoms with E-state index in [1.165, 1.54) is 51.4 Å². The molecule has 0 fully saturated rings. The van der Waals surface area contributed by atoms with Crippen molar-refractivity contribution >= 4 is 0 Å². The van der Waals surface area contributed by atoms with Gasteiger partial charge in [-0.3, -0.25) is 0 Å². The first-order valence-corrected chi connectivity index (χ1v) is 7.26. The summed E-state index contributed by atoms with van der Waals surface area (Å²) in [4.78, 5) is 0. The molecule has 0 amide bonds. The van der Waals surface area contributed by atoms with Gasteiger partial charge in [0.1, 0.15) is 0 Å². The predicted molar refractivity (Wildman–Crippen MR) is 76.0 cm³/mol. The van der Waals surface area contributed by atoms with E-state index < -0.39 is 0 Å². The molecule has 0 heterocycles. The third-order valence-electron chi connectivity index (χ3n) is 4.34. The monoisotopic (exact) mass is 230 g/mol. The van der Waals surface area contributed by atoms with E-state index in [0.717, 1.165) is 12.3 Å². The third-order valence-corrected chi connectivity index (χ3v) is 4.34. The lowest BCUT2D eigenvalue weighted by atomic mass is 9.75. The van der Waals surface area contributed by atoms with Crippen LogP contribution in [0.3, 0.4) is 0 Å². The van der Waals surface area contributed by atoms with Crippen molar-refractivity contribution in [1.29, 1.82) is 0 Å². The van der Waals surface area contributed by atoms with Gasteiger partial charge in [-0.2, -0.15) is 0 Å². The molecular formula is C17H26. The number of allylic oxidation sites excluding steroid dienone is 5. The van der Waals surface area contributed by atoms with Crippen LogP contribution >= 0.6 is 0 Å². The molecule has 0 aromatic heterocycles. The first-order valence-electron chi connectivity index (χ1n) is 7.26. The van der Waals surface area contributed by atoms with Crippen LogP contribution in [-0.4, -0.2) is 0 Å². The van der Waals surface area contributed by atoms with Gasteiger partial charge in [0.25, 0.3) is 0 Å². The molecule has 0 N–H and O–H groups in total. The van der Waals surface area contributed by atoms with E-state index in [2.05, 4.69) is 19.6 Å². The topological polar surface area (TPSA) is 0 Å². The van der Waals surface area contributed by atoms with Crippen LogP contribution in [-0.2, 0) is 0 Å². The Kier molecular flexibility index (Phi) is 4.65. The highest BCUT2D eigenvalue weighted by Gasteiger charge is 2.22. The van der Waals surface area contributed by atoms with Gasteiger partial charge in [-0.05, 0) is 70.6 Å². The zero-order chi connectivity index (χ0) is 12.1. The minimum atomic E-state index is 0.924. The molecule has 0 bridgehead atoms. The Labute approximate surface area is 106 Å². The molecule has 2 aliphatic carbocycles. The van der Waals surface area contributed by atoms with Gasteiger partial charge < -0.3 is 0 Å². The maximum atomic E-state index is 3.78. The zero-order valence-corrected chi connectivity index (χ0v) is 11.3. The molecule has 0 nitrogen and oxygen atoms in total. The number of rotatable bonds is 4. The molecule has 1 unspecified atom stereocenters. The quantitative estimate of drug-likeness (QED) is 0.554. The molecular weight excluding hydrogens is 204 g/mol. The molecule has 1 atom stereocenters. The van der Waals surface area contributed by atoms with Gasteiger partial charge >= 0.3 is 0 Å². The van der Waals surface area contributed by atoms with Gasteiger partial charge in [-0.25, -0.2) is 0 Å². The first kappa shape index (κ1) is 12.7. The molecule has 94 valence electrons. The van der Waals surface area contributed by atoms with Gasteiger partial charge in [-0.1, -0.05) is 28.9 Å². The Hall–Kier alpha value is -0.780. The summed E-state index contributed by atoms with van der Waals surface area (Å²) in [6.45, 7) is 6.07. The van der Waals surface area contributed by atoms with E-state index in [1.807, 2.05) is 17.2 Å². The molecule has 0 saturated heterocycles. The maximum absolute atomic E-state index is 3.78. The fourth-order valence-corrected chi connectivity index (χ4v) is 3.40. The van der Waals surface area contributed by atoms with Gasteiger partial charge in [0.15, 0.2) is 0 Å². The van der Waals surface area contributed by atoms with Crippen LogP contribution in [0.4, 0.5) is 0 Å². The van der Waals surface area contributed by atoms with E-state index in [9.17, 15) is 0 Å². The predicted octanol–water partition coefficient (Wildman–Crippen LogP) is 5.57. The average molecular weight is 230 g/mol. The number of hydrogen-bond acceptors (Lipinski definition) is 0. The summed E-state index contributed by atoms with van der Waals surface area (Å²) in [5, 5.41) is 0. The van der Waals surface area contributed by atoms with Gasteiger partial charge in [-0.15, -0.1) is 6.58 Å². The smallest absolute Gasteiger partial charge is 0.0169 e. The van der Waals surface area contributed by atoms with E-state index >= 15 is 0 Å². The Morgan fingerprint density at radius 1 is 1.24 bits per heavy atom. The van der Waals surface area contributed by atoms with Crippen molar-refractivity contribution in [1.82, 2.24) is 0 Å². The SMILES string of the molecule is C=CCC=C(C)CC1CCC2=C(CCCC2)C1. The molecule has 0 heteroatoms. The van der Waals surface area contributed by atoms with Crippen molar-refractivity contribution in [2.75, 3.05) is 0 Å². The summed E-state index contributed by atoms with van der Waals surface area (Å²) in [6, 6.07) is 0. The normalized spacial score (nSPS) is 25.7. The summed E-state index contributed by atoms with van der Waals surface area (Å²) >= 11 is 0. The van der Waals surface area contributed by atoms with Crippen LogP contribution in [0.25, 0.3) is 0 Å². The van der Waals surface area contributed by atoms with Crippen LogP contribution in [0.15, 0.2) is 35.5 Å². The summed E-state index contributed by atoms with van der Waals surface area (Å²) in [5.74, 6) is 0.924. The molecule has 0 saturated carbocycles. The summed E-state index contributed by atoms with van der Waals surface area (Å²) < 4.78 is 0. The molecule has 0 radical (unpaired) electrons. The van der Waals surface area contributed by atoms with E-state index in [0.29, 0.717) is 0 Å². The van der Waals surface area contributed by atoms with Crippen LogP contribution in [0.1, 0.15) is 64.7 Å². The molecule has 0 aliphatic heterocycles. The minimum Gasteiger partial charge on any atom is -0.103 e. The lowest BCUT2D eigenvalue weighted by Gasteiger charge is -2.30. The highest BCUT2D eigenvalue weighted by Crippen LogP contribution is 2.39. The second-order valence-electron chi connectivity index (χ2n) is 5.80. The van der Waals surface area contributed by atoms with Crippen molar-refractivity contribution in [3.8, 4) is 0 Å². The number of hydrogen-bond donors (Lipinski definition) is 0. The van der Waals surface area contributed by atoms with E-state index in [4.69, 9.17) is 0 Å². The lowest BCUT2D eigenvalue weighted by Crippen LogP contribution is -2.13. The van der Waals surface area contributed by atoms with Gasteiger partial charge in [0.2, 0.25) is 0 Å². The van der Waals surface area contributed by atoms with Gasteiger partial charge in [0, 0.05) is 0 Å². The van der Waals surface area contributed by atoms with Crippen LogP contribution in [0.2, 0.25) is 0 Å².